The minimum Gasteiger partial charge on any atom is -0.449 e. The Bertz CT molecular complexity index is 799. The van der Waals surface area contributed by atoms with Crippen LogP contribution in [-0.4, -0.2) is 43.5 Å². The molecule has 0 spiro atoms. The first-order chi connectivity index (χ1) is 12.5. The molecule has 0 radical (unpaired) electrons. The number of carbonyl (C=O) groups is 2. The fraction of sp³-hybridized carbons (Fsp3) is 0.333. The largest absolute Gasteiger partial charge is 0.449 e. The second kappa shape index (κ2) is 7.60. The maximum atomic E-state index is 12.7. The summed E-state index contributed by atoms with van der Waals surface area (Å²) in [4.78, 5) is 28.7. The molecule has 0 bridgehead atoms. The average molecular weight is 352 g/mol. The lowest BCUT2D eigenvalue weighted by Gasteiger charge is -2.30. The minimum atomic E-state index is -0.804. The lowest BCUT2D eigenvalue weighted by Crippen LogP contribution is -2.42. The fourth-order valence-electron chi connectivity index (χ4n) is 3.12. The molecule has 1 aliphatic rings. The molecule has 1 atom stereocenters. The van der Waals surface area contributed by atoms with Gasteiger partial charge in [0.25, 0.3) is 5.91 Å². The van der Waals surface area contributed by atoms with Crippen LogP contribution in [0.4, 0.5) is 5.69 Å². The highest BCUT2D eigenvalue weighted by Crippen LogP contribution is 2.20. The van der Waals surface area contributed by atoms with Gasteiger partial charge in [0, 0.05) is 32.9 Å². The number of hydrogen-bond donors (Lipinski definition) is 0. The Morgan fingerprint density at radius 2 is 1.69 bits per heavy atom. The van der Waals surface area contributed by atoms with E-state index in [1.165, 1.54) is 5.56 Å². The summed E-state index contributed by atoms with van der Waals surface area (Å²) in [5.41, 5.74) is 3.88. The van der Waals surface area contributed by atoms with Gasteiger partial charge in [-0.15, -0.1) is 0 Å². The van der Waals surface area contributed by atoms with Crippen molar-refractivity contribution in [1.29, 1.82) is 0 Å². The van der Waals surface area contributed by atoms with Crippen molar-refractivity contribution in [3.8, 4) is 0 Å². The summed E-state index contributed by atoms with van der Waals surface area (Å²) in [5.74, 6) is -0.633. The van der Waals surface area contributed by atoms with Gasteiger partial charge < -0.3 is 14.5 Å². The highest BCUT2D eigenvalue weighted by molar-refractivity contribution is 5.92. The van der Waals surface area contributed by atoms with E-state index in [-0.39, 0.29) is 5.91 Å². The number of hydrogen-bond acceptors (Lipinski definition) is 4. The normalized spacial score (nSPS) is 14.3. The molecule has 3 rings (SSSR count). The van der Waals surface area contributed by atoms with Crippen LogP contribution in [0.3, 0.4) is 0 Å². The molecule has 5 heteroatoms. The van der Waals surface area contributed by atoms with Gasteiger partial charge in [-0.25, -0.2) is 4.79 Å². The fourth-order valence-corrected chi connectivity index (χ4v) is 3.12. The van der Waals surface area contributed by atoms with Crippen LogP contribution in [0.15, 0.2) is 48.5 Å². The van der Waals surface area contributed by atoms with Gasteiger partial charge in [0.15, 0.2) is 6.10 Å². The molecule has 1 amide bonds. The van der Waals surface area contributed by atoms with E-state index in [1.807, 2.05) is 49.3 Å². The van der Waals surface area contributed by atoms with Crippen molar-refractivity contribution in [2.24, 2.45) is 0 Å². The molecule has 0 aliphatic carbocycles. The van der Waals surface area contributed by atoms with Gasteiger partial charge in [-0.05, 0) is 48.7 Å². The van der Waals surface area contributed by atoms with Crippen LogP contribution < -0.4 is 4.90 Å². The van der Waals surface area contributed by atoms with E-state index in [1.54, 1.807) is 24.0 Å². The molecule has 0 aromatic heterocycles. The molecule has 1 heterocycles. The molecule has 0 saturated carbocycles. The van der Waals surface area contributed by atoms with Gasteiger partial charge in [0.2, 0.25) is 0 Å². The van der Waals surface area contributed by atoms with E-state index in [9.17, 15) is 9.59 Å². The van der Waals surface area contributed by atoms with Crippen LogP contribution in [0.25, 0.3) is 0 Å². The van der Waals surface area contributed by atoms with Crippen molar-refractivity contribution in [2.45, 2.75) is 26.0 Å². The van der Waals surface area contributed by atoms with E-state index < -0.39 is 12.1 Å². The van der Waals surface area contributed by atoms with Gasteiger partial charge in [-0.3, -0.25) is 4.79 Å². The zero-order valence-corrected chi connectivity index (χ0v) is 15.4. The summed E-state index contributed by atoms with van der Waals surface area (Å²) in [5, 5.41) is 0. The number of benzene rings is 2. The Kier molecular flexibility index (Phi) is 5.26. The Hall–Kier alpha value is -2.82. The maximum Gasteiger partial charge on any atom is 0.338 e. The number of fused-ring (bicyclic) bond motifs is 1. The molecular weight excluding hydrogens is 328 g/mol. The number of nitrogens with zero attached hydrogens (tertiary/aromatic N) is 2. The van der Waals surface area contributed by atoms with Crippen molar-refractivity contribution in [3.63, 3.8) is 0 Å². The van der Waals surface area contributed by atoms with Gasteiger partial charge in [0.1, 0.15) is 0 Å². The molecular formula is C21H24N2O3. The average Bonchev–Trinajstić information content (AvgIpc) is 2.67. The summed E-state index contributed by atoms with van der Waals surface area (Å²) in [6.07, 6.45) is 0.0236. The number of rotatable bonds is 4. The summed E-state index contributed by atoms with van der Waals surface area (Å²) in [6, 6.07) is 15.3. The lowest BCUT2D eigenvalue weighted by atomic mass is 9.99. The van der Waals surface area contributed by atoms with E-state index in [0.717, 1.165) is 17.7 Å². The van der Waals surface area contributed by atoms with Crippen LogP contribution in [0, 0.1) is 0 Å². The topological polar surface area (TPSA) is 49.9 Å². The number of ether oxygens (including phenoxy) is 1. The summed E-state index contributed by atoms with van der Waals surface area (Å²) in [6.45, 7) is 2.85. The van der Waals surface area contributed by atoms with Crippen molar-refractivity contribution in [3.05, 3.63) is 65.2 Å². The molecule has 0 saturated heterocycles. The number of carbonyl (C=O) groups excluding carboxylic acids is 2. The van der Waals surface area contributed by atoms with Crippen LogP contribution in [0.1, 0.15) is 28.4 Å². The molecule has 0 fully saturated rings. The molecule has 2 aromatic rings. The summed E-state index contributed by atoms with van der Waals surface area (Å²) in [7, 11) is 3.87. The van der Waals surface area contributed by atoms with Crippen LogP contribution >= 0.6 is 0 Å². The number of amides is 1. The monoisotopic (exact) mass is 352 g/mol. The third-order valence-corrected chi connectivity index (χ3v) is 4.69. The molecule has 1 aliphatic heterocycles. The Morgan fingerprint density at radius 1 is 1.04 bits per heavy atom. The van der Waals surface area contributed by atoms with Crippen molar-refractivity contribution in [1.82, 2.24) is 4.90 Å². The predicted octanol–water partition coefficient (Wildman–Crippen LogP) is 2.88. The van der Waals surface area contributed by atoms with E-state index >= 15 is 0 Å². The zero-order chi connectivity index (χ0) is 18.7. The first kappa shape index (κ1) is 18.0. The summed E-state index contributed by atoms with van der Waals surface area (Å²) < 4.78 is 5.40. The third-order valence-electron chi connectivity index (χ3n) is 4.69. The maximum absolute atomic E-state index is 12.7. The molecule has 0 unspecified atom stereocenters. The van der Waals surface area contributed by atoms with Gasteiger partial charge >= 0.3 is 5.97 Å². The van der Waals surface area contributed by atoms with Crippen molar-refractivity contribution in [2.75, 3.05) is 25.5 Å². The van der Waals surface area contributed by atoms with E-state index in [0.29, 0.717) is 18.7 Å². The van der Waals surface area contributed by atoms with Crippen LogP contribution in [0.5, 0.6) is 0 Å². The SMILES string of the molecule is C[C@@H](OC(=O)c1ccc(N(C)C)cc1)C(=O)N1CCc2ccccc2C1. The van der Waals surface area contributed by atoms with Gasteiger partial charge in [-0.2, -0.15) is 0 Å². The molecule has 5 nitrogen and oxygen atoms in total. The Morgan fingerprint density at radius 3 is 2.35 bits per heavy atom. The summed E-state index contributed by atoms with van der Waals surface area (Å²) >= 11 is 0. The van der Waals surface area contributed by atoms with Crippen LogP contribution in [0.2, 0.25) is 0 Å². The second-order valence-corrected chi connectivity index (χ2v) is 6.77. The van der Waals surface area contributed by atoms with Crippen molar-refractivity contribution < 1.29 is 14.3 Å². The lowest BCUT2D eigenvalue weighted by molar-refractivity contribution is -0.140. The highest BCUT2D eigenvalue weighted by Gasteiger charge is 2.27. The first-order valence-electron chi connectivity index (χ1n) is 8.79. The van der Waals surface area contributed by atoms with Crippen molar-refractivity contribution >= 4 is 17.6 Å². The third kappa shape index (κ3) is 3.87. The van der Waals surface area contributed by atoms with E-state index in [4.69, 9.17) is 4.74 Å². The molecule has 136 valence electrons. The molecule has 26 heavy (non-hydrogen) atoms. The minimum absolute atomic E-state index is 0.155. The second-order valence-electron chi connectivity index (χ2n) is 6.77. The van der Waals surface area contributed by atoms with Gasteiger partial charge in [-0.1, -0.05) is 24.3 Å². The standard InChI is InChI=1S/C21H24N2O3/c1-15(26-21(25)17-8-10-19(11-9-17)22(2)3)20(24)23-13-12-16-6-4-5-7-18(16)14-23/h4-11,15H,12-14H2,1-3H3/t15-/m1/s1. The molecule has 2 aromatic carbocycles. The highest BCUT2D eigenvalue weighted by atomic mass is 16.5. The predicted molar refractivity (Wildman–Crippen MR) is 101 cm³/mol. The van der Waals surface area contributed by atoms with E-state index in [2.05, 4.69) is 6.07 Å². The van der Waals surface area contributed by atoms with Crippen LogP contribution in [-0.2, 0) is 22.5 Å². The Balaban J connectivity index is 1.61. The Labute approximate surface area is 154 Å². The first-order valence-corrected chi connectivity index (χ1v) is 8.79. The molecule has 0 N–H and O–H groups in total. The zero-order valence-electron chi connectivity index (χ0n) is 15.4. The quantitative estimate of drug-likeness (QED) is 0.794. The number of esters is 1. The van der Waals surface area contributed by atoms with Gasteiger partial charge in [0.05, 0.1) is 5.56 Å². The number of anilines is 1. The smallest absolute Gasteiger partial charge is 0.338 e.